The predicted octanol–water partition coefficient (Wildman–Crippen LogP) is 17.7. The first-order valence-corrected chi connectivity index (χ1v) is 34.0. The van der Waals surface area contributed by atoms with Gasteiger partial charge in [-0.05, 0) is 133 Å². The number of piperidine rings is 2. The van der Waals surface area contributed by atoms with Gasteiger partial charge in [0.25, 0.3) is 0 Å². The molecule has 2 fully saturated rings. The van der Waals surface area contributed by atoms with Gasteiger partial charge in [0.2, 0.25) is 11.8 Å². The molecule has 106 heavy (non-hydrogen) atoms. The summed E-state index contributed by atoms with van der Waals surface area (Å²) in [5.74, 6) is -9.02. The Balaban J connectivity index is 0.000000272. The van der Waals surface area contributed by atoms with Gasteiger partial charge in [-0.1, -0.05) is 121 Å². The van der Waals surface area contributed by atoms with Crippen LogP contribution in [0.5, 0.6) is 0 Å². The number of amides is 2. The van der Waals surface area contributed by atoms with Gasteiger partial charge in [-0.3, -0.25) is 19.2 Å². The summed E-state index contributed by atoms with van der Waals surface area (Å²) >= 11 is 1.21. The number of ether oxygens (including phenoxy) is 2. The van der Waals surface area contributed by atoms with E-state index >= 15 is 9.18 Å². The van der Waals surface area contributed by atoms with Gasteiger partial charge in [-0.25, -0.2) is 17.6 Å². The number of halogens is 10. The van der Waals surface area contributed by atoms with Gasteiger partial charge in [0.15, 0.2) is 34.1 Å². The third-order valence-electron chi connectivity index (χ3n) is 17.0. The summed E-state index contributed by atoms with van der Waals surface area (Å²) in [6.07, 6.45) is -11.2. The molecular weight excluding hydrogens is 1420 g/mol. The second-order valence-electron chi connectivity index (χ2n) is 23.7. The van der Waals surface area contributed by atoms with Crippen molar-refractivity contribution in [2.24, 2.45) is 0 Å². The molecule has 12 nitrogen and oxygen atoms in total. The zero-order valence-corrected chi connectivity index (χ0v) is 57.2. The number of aromatic nitrogens is 2. The maximum atomic E-state index is 15.4. The third kappa shape index (κ3) is 19.2. The van der Waals surface area contributed by atoms with Crippen molar-refractivity contribution in [3.63, 3.8) is 0 Å². The summed E-state index contributed by atoms with van der Waals surface area (Å²) in [5.41, 5.74) is -8.48. The molecule has 2 amide bonds. The Morgan fingerprint density at radius 3 is 1.78 bits per heavy atom. The molecule has 0 saturated carbocycles. The Kier molecular flexibility index (Phi) is 15.3. The number of methoxy groups -OCH3 is 2. The molecule has 2 aliphatic rings. The lowest BCUT2D eigenvalue weighted by Crippen LogP contribution is -2.49. The lowest BCUT2D eigenvalue weighted by Gasteiger charge is -2.42. The average Bonchev–Trinajstić information content (AvgIpc) is 0.715. The first-order chi connectivity index (χ1) is 63.5. The highest BCUT2D eigenvalue weighted by Crippen LogP contribution is 2.37. The Hall–Kier alpha value is -9.04. The standard InChI is InChI=1S/2C41H40F5N3O3S/c1-27(28-10-12-29(13-11-28)30-14-16-32(17-15-30)41(44,45)46)49(33-18-20-47(21-19-33)22-23-52-2)38(51)25-48-36-9-4-3-7-34(36)37(50)24-39(48)53-26-31-6-5-8-35(42)40(31)43;1-27-6-15-36-34(22-27)37(50)23-39(53-26-31-4-3-5-35(42)40(31)43)49(36)25-38(51)48(33-16-18-47(19-17-33)20-21-52-2)24-28-7-9-29(10-8-28)30-11-13-32(14-12-30)41(44,45)46/h3-17,24,27,33H,18-23,25-26H2,1-2H3;3-15,22-23,33H,16-21,24-26H2,1-2H3/i2D3,22D2,23D2,27D;2D3,3D,4D,5D,6D,7D,8D,9D,10D,11D,12D,13D,14D,15D,20D2,21D2,22D,23D,24D2. The Morgan fingerprint density at radius 1 is 0.585 bits per heavy atom. The number of benzene rings is 8. The van der Waals surface area contributed by atoms with Crippen LogP contribution in [0.1, 0.15) is 121 Å². The smallest absolute Gasteiger partial charge is 0.383 e. The number of thioether (sulfide) groups is 2. The van der Waals surface area contributed by atoms with Crippen LogP contribution in [-0.4, -0.2) is 119 Å². The Bertz CT molecular complexity index is 6480. The van der Waals surface area contributed by atoms with E-state index in [4.69, 9.17) is 39.8 Å². The number of alkyl halides is 6. The molecular formula is C82H80F10N6O6S2. The number of nitrogens with zero attached hydrogens (tertiary/aromatic N) is 6. The first kappa shape index (κ1) is 46.2. The van der Waals surface area contributed by atoms with E-state index in [1.54, 1.807) is 53.1 Å². The SMILES string of the molecule is [2H]C([2H])([2H])OC([2H])([2H])C([2H])([2H])N1CCC(N(C(=O)Cn2c(SCc3cccc(F)c3F)cc(=O)c3ccccc32)C([2H])(C)c2ccc(-c3ccc(C(F)(F)F)cc3)cc2)CC1.[2H]c1c([2H])c(F)c(F)c(CSc2c([2H])c(=O)c3c([2H])c(C)c([2H])c([2H])c3n2CC(=O)N(C2CCN(C([2H])([2H])C([2H])([2H])OC([2H])([2H])[2H])CC2)C([2H])([2H])c2c([2H])c([2H])c(-c3c([2H])c([2H])c(C(F)(F)F)c([2H])c3[2H])c([2H])c2[2H])c1[2H]. The zero-order chi connectivity index (χ0) is 103. The fourth-order valence-electron chi connectivity index (χ4n) is 11.7. The average molecular weight is 1530 g/mol. The number of hydrogen-bond donors (Lipinski definition) is 0. The summed E-state index contributed by atoms with van der Waals surface area (Å²) in [7, 11) is -6.72. The normalized spacial score (nSPS) is 20.0. The van der Waals surface area contributed by atoms with Crippen LogP contribution < -0.4 is 10.9 Å². The van der Waals surface area contributed by atoms with Crippen molar-refractivity contribution in [1.82, 2.24) is 28.7 Å². The van der Waals surface area contributed by atoms with E-state index in [-0.39, 0.29) is 75.3 Å². The van der Waals surface area contributed by atoms with Crippen molar-refractivity contribution in [3.05, 3.63) is 270 Å². The van der Waals surface area contributed by atoms with Crippen molar-refractivity contribution in [2.75, 3.05) is 66.4 Å². The molecule has 10 aromatic rings. The largest absolute Gasteiger partial charge is 0.416 e. The minimum atomic E-state index is -5.46. The maximum Gasteiger partial charge on any atom is 0.416 e. The van der Waals surface area contributed by atoms with Gasteiger partial charge in [-0.2, -0.15) is 26.3 Å². The number of likely N-dealkylation sites (tertiary alicyclic amines) is 2. The molecule has 24 heteroatoms. The van der Waals surface area contributed by atoms with Crippen molar-refractivity contribution in [1.29, 1.82) is 0 Å². The van der Waals surface area contributed by atoms with Crippen LogP contribution in [0, 0.1) is 30.2 Å². The lowest BCUT2D eigenvalue weighted by atomic mass is 9.96. The number of carbonyl (C=O) groups excluding carboxylic acids is 2. The van der Waals surface area contributed by atoms with Crippen molar-refractivity contribution in [2.45, 2.75) is 111 Å². The molecule has 556 valence electrons. The molecule has 12 rings (SSSR count). The predicted molar refractivity (Wildman–Crippen MR) is 395 cm³/mol. The second-order valence-corrected chi connectivity index (χ2v) is 25.7. The minimum absolute atomic E-state index is 0.00142. The topological polar surface area (TPSA) is 110 Å². The van der Waals surface area contributed by atoms with Crippen LogP contribution in [0.4, 0.5) is 43.9 Å². The third-order valence-corrected chi connectivity index (χ3v) is 19.1. The number of para-hydroxylation sites is 1. The molecule has 1 unspecified atom stereocenters. The maximum absolute atomic E-state index is 15.4. The van der Waals surface area contributed by atoms with E-state index in [1.807, 2.05) is 0 Å². The van der Waals surface area contributed by atoms with Crippen LogP contribution in [0.25, 0.3) is 44.1 Å². The minimum Gasteiger partial charge on any atom is -0.383 e. The molecule has 4 heterocycles. The molecule has 2 aliphatic heterocycles. The van der Waals surface area contributed by atoms with Crippen LogP contribution in [0.3, 0.4) is 0 Å². The summed E-state index contributed by atoms with van der Waals surface area (Å²) in [6.45, 7) is -17.7. The molecule has 2 saturated heterocycles. The summed E-state index contributed by atoms with van der Waals surface area (Å²) in [6, 6.07) is -0.674. The fraction of sp³-hybridized carbons (Fsp3) is 0.317. The van der Waals surface area contributed by atoms with E-state index in [0.29, 0.717) is 26.8 Å². The lowest BCUT2D eigenvalue weighted by molar-refractivity contribution is -0.138. The Labute approximate surface area is 661 Å². The second kappa shape index (κ2) is 35.1. The monoisotopic (exact) mass is 1530 g/mol. The molecule has 8 aromatic carbocycles. The van der Waals surface area contributed by atoms with Gasteiger partial charge >= 0.3 is 12.4 Å². The van der Waals surface area contributed by atoms with Crippen LogP contribution in [0.15, 0.2) is 207 Å². The molecule has 0 bridgehead atoms. The number of hydrogen-bond acceptors (Lipinski definition) is 10. The summed E-state index contributed by atoms with van der Waals surface area (Å²) in [4.78, 5) is 61.0. The van der Waals surface area contributed by atoms with E-state index < -0.39 is 302 Å². The molecule has 2 aromatic heterocycles. The highest BCUT2D eigenvalue weighted by Gasteiger charge is 2.35. The molecule has 0 aliphatic carbocycles. The van der Waals surface area contributed by atoms with Crippen molar-refractivity contribution < 1.29 is 107 Å². The van der Waals surface area contributed by atoms with E-state index in [0.717, 1.165) is 39.8 Å². The van der Waals surface area contributed by atoms with Crippen LogP contribution in [0.2, 0.25) is 0 Å². The number of carbonyl (C=O) groups is 2. The van der Waals surface area contributed by atoms with E-state index in [2.05, 4.69) is 9.47 Å². The van der Waals surface area contributed by atoms with Gasteiger partial charge in [0.1, 0.15) is 13.1 Å². The Morgan fingerprint density at radius 2 is 1.15 bits per heavy atom. The molecule has 1 atom stereocenters. The van der Waals surface area contributed by atoms with Crippen molar-refractivity contribution >= 4 is 57.1 Å². The van der Waals surface area contributed by atoms with Crippen LogP contribution in [-0.2, 0) is 62.5 Å². The van der Waals surface area contributed by atoms with Crippen LogP contribution >= 0.6 is 23.5 Å². The first-order valence-electron chi connectivity index (χ1n) is 48.0. The summed E-state index contributed by atoms with van der Waals surface area (Å²) in [5, 5.41) is -1.01. The van der Waals surface area contributed by atoms with Crippen molar-refractivity contribution in [3.8, 4) is 22.3 Å². The molecule has 0 radical (unpaired) electrons. The van der Waals surface area contributed by atoms with Gasteiger partial charge in [-0.15, -0.1) is 23.5 Å². The number of fused-ring (bicyclic) bond motifs is 2. The summed E-state index contributed by atoms with van der Waals surface area (Å²) < 4.78 is 419. The zero-order valence-electron chi connectivity index (χ0n) is 87.6. The fourth-order valence-corrected chi connectivity index (χ4v) is 13.7. The highest BCUT2D eigenvalue weighted by molar-refractivity contribution is 7.98. The van der Waals surface area contributed by atoms with Gasteiger partial charge in [0, 0.05) is 123 Å². The van der Waals surface area contributed by atoms with E-state index in [1.165, 1.54) is 49.1 Å². The van der Waals surface area contributed by atoms with E-state index in [9.17, 15) is 58.0 Å². The molecule has 0 N–H and O–H groups in total. The number of rotatable bonds is 24. The molecule has 0 spiro atoms. The highest BCUT2D eigenvalue weighted by atomic mass is 32.2. The quantitative estimate of drug-likeness (QED) is 0.0428. The number of pyridine rings is 2. The van der Waals surface area contributed by atoms with Gasteiger partial charge in [0.05, 0.1) is 89.7 Å². The van der Waals surface area contributed by atoms with Gasteiger partial charge < -0.3 is 38.2 Å².